The average Bonchev–Trinajstić information content (AvgIpc) is 2.28. The van der Waals surface area contributed by atoms with Gasteiger partial charge in [-0.25, -0.2) is 0 Å². The van der Waals surface area contributed by atoms with E-state index in [1.54, 1.807) is 0 Å². The largest absolute Gasteiger partial charge is 0.261 e. The fraction of sp³-hybridized carbons (Fsp3) is 0.438. The summed E-state index contributed by atoms with van der Waals surface area (Å²) in [5, 5.41) is 2.53. The topological polar surface area (TPSA) is 12.9 Å². The van der Waals surface area contributed by atoms with Gasteiger partial charge >= 0.3 is 0 Å². The van der Waals surface area contributed by atoms with E-state index in [1.807, 2.05) is 13.1 Å². The predicted octanol–water partition coefficient (Wildman–Crippen LogP) is 4.62. The fourth-order valence-electron chi connectivity index (χ4n) is 2.44. The van der Waals surface area contributed by atoms with Crippen molar-refractivity contribution in [3.05, 3.63) is 41.7 Å². The van der Waals surface area contributed by atoms with E-state index in [9.17, 15) is 0 Å². The Labute approximate surface area is 104 Å². The number of aryl methyl sites for hydroxylation is 1. The second-order valence-electron chi connectivity index (χ2n) is 5.52. The van der Waals surface area contributed by atoms with Crippen molar-refractivity contribution in [2.24, 2.45) is 0 Å². The third-order valence-corrected chi connectivity index (χ3v) is 3.51. The molecule has 0 saturated heterocycles. The van der Waals surface area contributed by atoms with E-state index >= 15 is 0 Å². The first-order valence-electron chi connectivity index (χ1n) is 6.40. The minimum absolute atomic E-state index is 0.264. The number of nitrogens with zero attached hydrogens (tertiary/aromatic N) is 1. The van der Waals surface area contributed by atoms with Crippen LogP contribution in [0.15, 0.2) is 30.5 Å². The molecule has 0 spiro atoms. The highest BCUT2D eigenvalue weighted by Gasteiger charge is 2.19. The maximum absolute atomic E-state index is 4.34. The zero-order chi connectivity index (χ0) is 12.5. The molecule has 1 aromatic heterocycles. The number of hydrogen-bond donors (Lipinski definition) is 0. The van der Waals surface area contributed by atoms with Gasteiger partial charge in [0.2, 0.25) is 0 Å². The lowest BCUT2D eigenvalue weighted by Crippen LogP contribution is -2.16. The summed E-state index contributed by atoms with van der Waals surface area (Å²) >= 11 is 0. The Balaban J connectivity index is 2.50. The second-order valence-corrected chi connectivity index (χ2v) is 5.52. The predicted molar refractivity (Wildman–Crippen MR) is 74.4 cm³/mol. The van der Waals surface area contributed by atoms with Crippen molar-refractivity contribution >= 4 is 10.8 Å². The lowest BCUT2D eigenvalue weighted by Gasteiger charge is -2.25. The fourth-order valence-corrected chi connectivity index (χ4v) is 2.44. The Kier molecular flexibility index (Phi) is 3.19. The maximum Gasteiger partial charge on any atom is 0.0379 e. The van der Waals surface area contributed by atoms with Gasteiger partial charge in [-0.05, 0) is 35.8 Å². The first-order valence-corrected chi connectivity index (χ1v) is 6.40. The van der Waals surface area contributed by atoms with E-state index < -0.39 is 0 Å². The van der Waals surface area contributed by atoms with Crippen LogP contribution in [0, 0.1) is 6.92 Å². The highest BCUT2D eigenvalue weighted by atomic mass is 14.6. The summed E-state index contributed by atoms with van der Waals surface area (Å²) in [7, 11) is 0. The van der Waals surface area contributed by atoms with Gasteiger partial charge in [0.15, 0.2) is 0 Å². The minimum Gasteiger partial charge on any atom is -0.261 e. The molecule has 0 aliphatic carbocycles. The van der Waals surface area contributed by atoms with Crippen LogP contribution in [0.5, 0.6) is 0 Å². The van der Waals surface area contributed by atoms with Crippen molar-refractivity contribution in [1.29, 1.82) is 0 Å². The molecule has 0 radical (unpaired) electrons. The van der Waals surface area contributed by atoms with Crippen LogP contribution in [-0.4, -0.2) is 4.98 Å². The quantitative estimate of drug-likeness (QED) is 0.745. The molecule has 0 aliphatic rings. The van der Waals surface area contributed by atoms with Crippen LogP contribution in [0.4, 0.5) is 0 Å². The van der Waals surface area contributed by atoms with Gasteiger partial charge in [-0.15, -0.1) is 0 Å². The zero-order valence-corrected chi connectivity index (χ0v) is 11.2. The van der Waals surface area contributed by atoms with Gasteiger partial charge in [-0.2, -0.15) is 0 Å². The number of aromatic nitrogens is 1. The third-order valence-electron chi connectivity index (χ3n) is 3.51. The smallest absolute Gasteiger partial charge is 0.0379 e. The second kappa shape index (κ2) is 4.48. The summed E-state index contributed by atoms with van der Waals surface area (Å²) in [5.41, 5.74) is 2.78. The molecule has 0 atom stereocenters. The highest BCUT2D eigenvalue weighted by Crippen LogP contribution is 2.30. The number of benzene rings is 1. The highest BCUT2D eigenvalue weighted by molar-refractivity contribution is 5.82. The van der Waals surface area contributed by atoms with Gasteiger partial charge in [-0.1, -0.05) is 45.4 Å². The molecule has 0 unspecified atom stereocenters. The molecule has 90 valence electrons. The van der Waals surface area contributed by atoms with Crippen LogP contribution in [0.3, 0.4) is 0 Å². The van der Waals surface area contributed by atoms with Crippen LogP contribution < -0.4 is 0 Å². The molecule has 1 heterocycles. The molecule has 1 nitrogen and oxygen atoms in total. The van der Waals surface area contributed by atoms with E-state index in [-0.39, 0.29) is 5.41 Å². The summed E-state index contributed by atoms with van der Waals surface area (Å²) < 4.78 is 0. The van der Waals surface area contributed by atoms with Crippen molar-refractivity contribution < 1.29 is 0 Å². The normalized spacial score (nSPS) is 12.0. The molecule has 0 N–H and O–H groups in total. The summed E-state index contributed by atoms with van der Waals surface area (Å²) in [6.07, 6.45) is 4.41. The molecule has 0 aliphatic heterocycles. The number of hydrogen-bond acceptors (Lipinski definition) is 1. The zero-order valence-electron chi connectivity index (χ0n) is 11.2. The van der Waals surface area contributed by atoms with Crippen LogP contribution >= 0.6 is 0 Å². The molecule has 0 fully saturated rings. The molecule has 2 aromatic rings. The Hall–Kier alpha value is -1.37. The van der Waals surface area contributed by atoms with Crippen molar-refractivity contribution in [1.82, 2.24) is 4.98 Å². The molecule has 0 amide bonds. The van der Waals surface area contributed by atoms with Crippen molar-refractivity contribution in [3.8, 4) is 0 Å². The van der Waals surface area contributed by atoms with Crippen LogP contribution in [0.2, 0.25) is 0 Å². The van der Waals surface area contributed by atoms with E-state index in [4.69, 9.17) is 0 Å². The van der Waals surface area contributed by atoms with Crippen LogP contribution in [-0.2, 0) is 5.41 Å². The summed E-state index contributed by atoms with van der Waals surface area (Å²) in [6.45, 7) is 8.94. The van der Waals surface area contributed by atoms with E-state index in [2.05, 4.69) is 50.0 Å². The average molecular weight is 227 g/mol. The van der Waals surface area contributed by atoms with Gasteiger partial charge in [0, 0.05) is 17.3 Å². The molecule has 0 bridgehead atoms. The summed E-state index contributed by atoms with van der Waals surface area (Å²) in [5.74, 6) is 0. The number of rotatable bonds is 3. The van der Waals surface area contributed by atoms with E-state index in [0.29, 0.717) is 0 Å². The minimum atomic E-state index is 0.264. The summed E-state index contributed by atoms with van der Waals surface area (Å²) in [4.78, 5) is 4.34. The van der Waals surface area contributed by atoms with Gasteiger partial charge in [0.25, 0.3) is 0 Å². The molecule has 2 rings (SSSR count). The van der Waals surface area contributed by atoms with Gasteiger partial charge < -0.3 is 0 Å². The van der Waals surface area contributed by atoms with Crippen molar-refractivity contribution in [2.75, 3.05) is 0 Å². The maximum atomic E-state index is 4.34. The summed E-state index contributed by atoms with van der Waals surface area (Å²) in [6, 6.07) is 8.92. The molecule has 1 aromatic carbocycles. The van der Waals surface area contributed by atoms with Gasteiger partial charge in [0.05, 0.1) is 0 Å². The first kappa shape index (κ1) is 12.1. The number of pyridine rings is 1. The Morgan fingerprint density at radius 1 is 1.12 bits per heavy atom. The van der Waals surface area contributed by atoms with Crippen molar-refractivity contribution in [2.45, 2.75) is 46.0 Å². The Morgan fingerprint density at radius 3 is 2.59 bits per heavy atom. The molecular weight excluding hydrogens is 206 g/mol. The third kappa shape index (κ3) is 2.49. The number of fused-ring (bicyclic) bond motifs is 1. The van der Waals surface area contributed by atoms with Gasteiger partial charge in [0.1, 0.15) is 0 Å². The lowest BCUT2D eigenvalue weighted by molar-refractivity contribution is 0.473. The molecule has 0 saturated carbocycles. The lowest BCUT2D eigenvalue weighted by atomic mass is 9.80. The standard InChI is InChI=1S/C16H21N/c1-5-8-16(3,4)15-7-6-13-11-17-12(2)9-14(13)10-15/h6-7,9-11H,5,8H2,1-4H3. The SMILES string of the molecule is CCCC(C)(C)c1ccc2cnc(C)cc2c1. The molecule has 17 heavy (non-hydrogen) atoms. The molecule has 1 heteroatoms. The van der Waals surface area contributed by atoms with Crippen LogP contribution in [0.25, 0.3) is 10.8 Å². The molecular formula is C16H21N. The van der Waals surface area contributed by atoms with Crippen LogP contribution in [0.1, 0.15) is 44.9 Å². The van der Waals surface area contributed by atoms with E-state index in [0.717, 1.165) is 5.69 Å². The Morgan fingerprint density at radius 2 is 1.88 bits per heavy atom. The van der Waals surface area contributed by atoms with E-state index in [1.165, 1.54) is 29.2 Å². The first-order chi connectivity index (χ1) is 8.03. The monoisotopic (exact) mass is 227 g/mol. The van der Waals surface area contributed by atoms with Gasteiger partial charge in [-0.3, -0.25) is 4.98 Å². The van der Waals surface area contributed by atoms with Crippen molar-refractivity contribution in [3.63, 3.8) is 0 Å². The Bertz CT molecular complexity index is 526.